The maximum Gasteiger partial charge on any atom is 0.190 e. The van der Waals surface area contributed by atoms with E-state index in [1.54, 1.807) is 0 Å². The fraction of sp³-hybridized carbons (Fsp3) is 1.00. The van der Waals surface area contributed by atoms with Gasteiger partial charge in [-0.05, 0) is 26.2 Å². The molecule has 1 unspecified atom stereocenters. The van der Waals surface area contributed by atoms with Gasteiger partial charge in [-0.15, -0.1) is 0 Å². The zero-order valence-corrected chi connectivity index (χ0v) is 8.68. The highest BCUT2D eigenvalue weighted by Crippen LogP contribution is 2.20. The Balaban J connectivity index is 2.44. The zero-order chi connectivity index (χ0) is 9.03. The molecular formula is C10H22NO+. The molecule has 1 fully saturated rings. The summed E-state index contributed by atoms with van der Waals surface area (Å²) in [6.07, 6.45) is 4.53. The van der Waals surface area contributed by atoms with E-state index in [0.29, 0.717) is 6.23 Å². The van der Waals surface area contributed by atoms with Gasteiger partial charge in [-0.25, -0.2) is 0 Å². The molecular weight excluding hydrogens is 150 g/mol. The number of rotatable bonds is 3. The molecule has 1 aliphatic heterocycles. The lowest BCUT2D eigenvalue weighted by Crippen LogP contribution is -2.54. The van der Waals surface area contributed by atoms with Gasteiger partial charge in [0.1, 0.15) is 0 Å². The Labute approximate surface area is 76.1 Å². The molecule has 0 aromatic heterocycles. The van der Waals surface area contributed by atoms with Crippen molar-refractivity contribution in [1.82, 2.24) is 0 Å². The lowest BCUT2D eigenvalue weighted by Gasteiger charge is -2.41. The second kappa shape index (κ2) is 4.24. The first-order chi connectivity index (χ1) is 5.69. The van der Waals surface area contributed by atoms with Gasteiger partial charge in [-0.1, -0.05) is 0 Å². The summed E-state index contributed by atoms with van der Waals surface area (Å²) < 4.78 is 6.78. The van der Waals surface area contributed by atoms with Crippen molar-refractivity contribution in [3.05, 3.63) is 0 Å². The van der Waals surface area contributed by atoms with Gasteiger partial charge in [-0.2, -0.15) is 0 Å². The van der Waals surface area contributed by atoms with Gasteiger partial charge in [0.05, 0.1) is 26.7 Å². The highest BCUT2D eigenvalue weighted by atomic mass is 16.5. The van der Waals surface area contributed by atoms with Crippen molar-refractivity contribution in [3.63, 3.8) is 0 Å². The van der Waals surface area contributed by atoms with E-state index in [-0.39, 0.29) is 0 Å². The maximum atomic E-state index is 5.66. The minimum Gasteiger partial charge on any atom is -0.330 e. The van der Waals surface area contributed by atoms with Gasteiger partial charge in [0.15, 0.2) is 6.23 Å². The van der Waals surface area contributed by atoms with Crippen molar-refractivity contribution in [2.24, 2.45) is 0 Å². The number of likely N-dealkylation sites (tertiary alicyclic amines) is 1. The molecule has 0 saturated carbocycles. The molecule has 1 atom stereocenters. The molecule has 0 amide bonds. The lowest BCUT2D eigenvalue weighted by molar-refractivity contribution is -0.956. The van der Waals surface area contributed by atoms with Crippen LogP contribution in [0.3, 0.4) is 0 Å². The van der Waals surface area contributed by atoms with Crippen LogP contribution in [0.5, 0.6) is 0 Å². The molecule has 0 aromatic carbocycles. The number of hydrogen-bond donors (Lipinski definition) is 0. The van der Waals surface area contributed by atoms with Gasteiger partial charge < -0.3 is 9.22 Å². The Hall–Kier alpha value is -0.0800. The monoisotopic (exact) mass is 172 g/mol. The van der Waals surface area contributed by atoms with Gasteiger partial charge >= 0.3 is 0 Å². The van der Waals surface area contributed by atoms with Crippen molar-refractivity contribution >= 4 is 0 Å². The average molecular weight is 172 g/mol. The van der Waals surface area contributed by atoms with E-state index in [1.807, 2.05) is 0 Å². The standard InChI is InChI=1S/C10H22NO/c1-4-12-10(2)11(3)8-6-5-7-9-11/h10H,4-9H2,1-3H3/q+1. The Morgan fingerprint density at radius 1 is 1.25 bits per heavy atom. The maximum absolute atomic E-state index is 5.66. The molecule has 2 nitrogen and oxygen atoms in total. The molecule has 0 aromatic rings. The molecule has 0 spiro atoms. The van der Waals surface area contributed by atoms with Crippen molar-refractivity contribution in [2.75, 3.05) is 26.7 Å². The normalized spacial score (nSPS) is 25.2. The Bertz CT molecular complexity index is 130. The number of ether oxygens (including phenoxy) is 1. The third-order valence-electron chi connectivity index (χ3n) is 3.12. The SMILES string of the molecule is CCOC(C)[N+]1(C)CCCCC1. The summed E-state index contributed by atoms with van der Waals surface area (Å²) in [5.41, 5.74) is 0. The molecule has 0 aliphatic carbocycles. The molecule has 1 rings (SSSR count). The number of quaternary nitrogens is 1. The summed E-state index contributed by atoms with van der Waals surface area (Å²) in [4.78, 5) is 0. The van der Waals surface area contributed by atoms with Crippen LogP contribution < -0.4 is 0 Å². The molecule has 1 aliphatic rings. The van der Waals surface area contributed by atoms with Crippen molar-refractivity contribution in [2.45, 2.75) is 39.3 Å². The van der Waals surface area contributed by atoms with Crippen LogP contribution in [-0.2, 0) is 4.74 Å². The van der Waals surface area contributed by atoms with Crippen LogP contribution in [0.1, 0.15) is 33.1 Å². The molecule has 0 N–H and O–H groups in total. The Morgan fingerprint density at radius 2 is 1.83 bits per heavy atom. The van der Waals surface area contributed by atoms with Crippen LogP contribution in [0.25, 0.3) is 0 Å². The molecule has 0 bridgehead atoms. The first-order valence-corrected chi connectivity index (χ1v) is 5.15. The summed E-state index contributed by atoms with van der Waals surface area (Å²) in [5, 5.41) is 0. The minimum atomic E-state index is 0.385. The predicted octanol–water partition coefficient (Wildman–Crippen LogP) is 2.00. The molecule has 72 valence electrons. The van der Waals surface area contributed by atoms with Crippen LogP contribution in [0.15, 0.2) is 0 Å². The number of hydrogen-bond acceptors (Lipinski definition) is 1. The summed E-state index contributed by atoms with van der Waals surface area (Å²) in [7, 11) is 2.32. The minimum absolute atomic E-state index is 0.385. The molecule has 2 heteroatoms. The van der Waals surface area contributed by atoms with Crippen LogP contribution in [0.2, 0.25) is 0 Å². The quantitative estimate of drug-likeness (QED) is 0.592. The van der Waals surface area contributed by atoms with Gasteiger partial charge in [0, 0.05) is 6.92 Å². The second-order valence-electron chi connectivity index (χ2n) is 4.04. The molecule has 0 radical (unpaired) electrons. The summed E-state index contributed by atoms with van der Waals surface area (Å²) >= 11 is 0. The van der Waals surface area contributed by atoms with Crippen LogP contribution in [-0.4, -0.2) is 37.5 Å². The van der Waals surface area contributed by atoms with Gasteiger partial charge in [0.25, 0.3) is 0 Å². The van der Waals surface area contributed by atoms with E-state index in [1.165, 1.54) is 32.4 Å². The predicted molar refractivity (Wildman–Crippen MR) is 50.9 cm³/mol. The summed E-state index contributed by atoms with van der Waals surface area (Å²) in [6, 6.07) is 0. The van der Waals surface area contributed by atoms with Crippen LogP contribution >= 0.6 is 0 Å². The molecule has 1 heterocycles. The van der Waals surface area contributed by atoms with Crippen molar-refractivity contribution < 1.29 is 9.22 Å². The van der Waals surface area contributed by atoms with E-state index in [2.05, 4.69) is 20.9 Å². The number of nitrogens with zero attached hydrogens (tertiary/aromatic N) is 1. The second-order valence-corrected chi connectivity index (χ2v) is 4.04. The third-order valence-corrected chi connectivity index (χ3v) is 3.12. The topological polar surface area (TPSA) is 9.23 Å². The third kappa shape index (κ3) is 2.20. The summed E-state index contributed by atoms with van der Waals surface area (Å²) in [6.45, 7) is 7.71. The first-order valence-electron chi connectivity index (χ1n) is 5.15. The number of piperidine rings is 1. The fourth-order valence-corrected chi connectivity index (χ4v) is 2.02. The van der Waals surface area contributed by atoms with Crippen molar-refractivity contribution in [3.8, 4) is 0 Å². The first kappa shape index (κ1) is 10.0. The lowest BCUT2D eigenvalue weighted by atomic mass is 10.1. The highest BCUT2D eigenvalue weighted by Gasteiger charge is 2.30. The summed E-state index contributed by atoms with van der Waals surface area (Å²) in [5.74, 6) is 0. The Kier molecular flexibility index (Phi) is 3.53. The van der Waals surface area contributed by atoms with Crippen LogP contribution in [0, 0.1) is 0 Å². The Morgan fingerprint density at radius 3 is 2.33 bits per heavy atom. The van der Waals surface area contributed by atoms with Gasteiger partial charge in [-0.3, -0.25) is 0 Å². The molecule has 1 saturated heterocycles. The van der Waals surface area contributed by atoms with E-state index in [9.17, 15) is 0 Å². The van der Waals surface area contributed by atoms with E-state index in [0.717, 1.165) is 11.1 Å². The van der Waals surface area contributed by atoms with E-state index >= 15 is 0 Å². The average Bonchev–Trinajstić information content (AvgIpc) is 2.06. The molecule has 12 heavy (non-hydrogen) atoms. The van der Waals surface area contributed by atoms with Gasteiger partial charge in [0.2, 0.25) is 0 Å². The van der Waals surface area contributed by atoms with Crippen molar-refractivity contribution in [1.29, 1.82) is 0 Å². The zero-order valence-electron chi connectivity index (χ0n) is 8.68. The van der Waals surface area contributed by atoms with Crippen LogP contribution in [0.4, 0.5) is 0 Å². The van der Waals surface area contributed by atoms with E-state index in [4.69, 9.17) is 4.74 Å². The highest BCUT2D eigenvalue weighted by molar-refractivity contribution is 4.52. The smallest absolute Gasteiger partial charge is 0.190 e. The van der Waals surface area contributed by atoms with E-state index < -0.39 is 0 Å². The largest absolute Gasteiger partial charge is 0.330 e. The fourth-order valence-electron chi connectivity index (χ4n) is 2.02.